The second kappa shape index (κ2) is 7.66. The Kier molecular flexibility index (Phi) is 5.88. The molecule has 0 saturated carbocycles. The normalized spacial score (nSPS) is 13.8. The van der Waals surface area contributed by atoms with Crippen LogP contribution >= 0.6 is 0 Å². The van der Waals surface area contributed by atoms with E-state index in [9.17, 15) is 8.42 Å². The molecule has 0 bridgehead atoms. The van der Waals surface area contributed by atoms with Crippen molar-refractivity contribution in [3.8, 4) is 0 Å². The molecule has 2 nitrogen and oxygen atoms in total. The van der Waals surface area contributed by atoms with E-state index in [1.807, 2.05) is 62.4 Å². The summed E-state index contributed by atoms with van der Waals surface area (Å²) in [7, 11) is -2.01. The largest absolute Gasteiger partial charge is 0.254 e. The Morgan fingerprint density at radius 2 is 1.00 bits per heavy atom. The molecule has 0 fully saturated rings. The van der Waals surface area contributed by atoms with Crippen LogP contribution in [0.5, 0.6) is 0 Å². The lowest BCUT2D eigenvalue weighted by molar-refractivity contribution is 0.678. The summed E-state index contributed by atoms with van der Waals surface area (Å²) in [5, 5.41) is 0. The second-order valence-corrected chi connectivity index (χ2v) is 8.22. The van der Waals surface area contributed by atoms with Crippen LogP contribution < -0.4 is 0 Å². The van der Waals surface area contributed by atoms with Gasteiger partial charge in [0.1, 0.15) is 0 Å². The third-order valence-corrected chi connectivity index (χ3v) is 6.14. The average molecular weight is 320 g/mol. The SMILES string of the molecule is Cc1ccc([S@](=O)CCC[S@](=O)c2ccc(C)cc2)cc1. The predicted octanol–water partition coefficient (Wildman–Crippen LogP) is 3.61. The zero-order chi connectivity index (χ0) is 15.2. The molecule has 2 atom stereocenters. The van der Waals surface area contributed by atoms with E-state index in [0.29, 0.717) is 17.9 Å². The van der Waals surface area contributed by atoms with Crippen molar-refractivity contribution in [1.29, 1.82) is 0 Å². The maximum Gasteiger partial charge on any atom is 0.0529 e. The second-order valence-electron chi connectivity index (χ2n) is 5.08. The summed E-state index contributed by atoms with van der Waals surface area (Å²) in [6.07, 6.45) is 0.695. The Labute approximate surface area is 131 Å². The summed E-state index contributed by atoms with van der Waals surface area (Å²) < 4.78 is 24.3. The molecule has 0 heterocycles. The van der Waals surface area contributed by atoms with E-state index in [1.165, 1.54) is 0 Å². The topological polar surface area (TPSA) is 34.1 Å². The Bertz CT molecular complexity index is 573. The summed E-state index contributed by atoms with van der Waals surface area (Å²) in [5.41, 5.74) is 2.33. The number of hydrogen-bond acceptors (Lipinski definition) is 2. The first kappa shape index (κ1) is 16.1. The molecule has 21 heavy (non-hydrogen) atoms. The molecule has 0 aliphatic carbocycles. The summed E-state index contributed by atoms with van der Waals surface area (Å²) in [6, 6.07) is 15.5. The lowest BCUT2D eigenvalue weighted by atomic mass is 10.2. The molecule has 0 aliphatic rings. The highest BCUT2D eigenvalue weighted by Crippen LogP contribution is 2.12. The van der Waals surface area contributed by atoms with Gasteiger partial charge < -0.3 is 0 Å². The molecular formula is C17H20O2S2. The predicted molar refractivity (Wildman–Crippen MR) is 89.5 cm³/mol. The van der Waals surface area contributed by atoms with Crippen LogP contribution in [0.15, 0.2) is 58.3 Å². The van der Waals surface area contributed by atoms with E-state index in [2.05, 4.69) is 0 Å². The molecule has 2 aromatic carbocycles. The molecule has 0 amide bonds. The van der Waals surface area contributed by atoms with Crippen LogP contribution in [0.3, 0.4) is 0 Å². The Morgan fingerprint density at radius 3 is 1.33 bits per heavy atom. The lowest BCUT2D eigenvalue weighted by Crippen LogP contribution is -2.05. The summed E-state index contributed by atoms with van der Waals surface area (Å²) in [5.74, 6) is 1.11. The third kappa shape index (κ3) is 4.90. The highest BCUT2D eigenvalue weighted by Gasteiger charge is 2.07. The first-order valence-corrected chi connectivity index (χ1v) is 9.60. The van der Waals surface area contributed by atoms with Gasteiger partial charge in [-0.1, -0.05) is 35.4 Å². The van der Waals surface area contributed by atoms with E-state index in [-0.39, 0.29) is 0 Å². The van der Waals surface area contributed by atoms with E-state index in [1.54, 1.807) is 0 Å². The highest BCUT2D eigenvalue weighted by molar-refractivity contribution is 7.86. The fourth-order valence-corrected chi connectivity index (χ4v) is 4.28. The van der Waals surface area contributed by atoms with Gasteiger partial charge in [-0.25, -0.2) is 0 Å². The van der Waals surface area contributed by atoms with Crippen molar-refractivity contribution >= 4 is 21.6 Å². The minimum Gasteiger partial charge on any atom is -0.254 e. The summed E-state index contributed by atoms with van der Waals surface area (Å²) >= 11 is 0. The van der Waals surface area contributed by atoms with Crippen LogP contribution in [0.2, 0.25) is 0 Å². The van der Waals surface area contributed by atoms with Crippen LogP contribution in [-0.2, 0) is 21.6 Å². The first-order chi connectivity index (χ1) is 10.1. The maximum absolute atomic E-state index is 12.1. The van der Waals surface area contributed by atoms with Gasteiger partial charge in [0, 0.05) is 21.3 Å². The fourth-order valence-electron chi connectivity index (χ4n) is 1.94. The zero-order valence-corrected chi connectivity index (χ0v) is 14.0. The zero-order valence-electron chi connectivity index (χ0n) is 12.4. The molecule has 0 unspecified atom stereocenters. The van der Waals surface area contributed by atoms with Gasteiger partial charge in [-0.15, -0.1) is 0 Å². The van der Waals surface area contributed by atoms with Crippen molar-refractivity contribution < 1.29 is 8.42 Å². The fraction of sp³-hybridized carbons (Fsp3) is 0.294. The maximum atomic E-state index is 12.1. The number of hydrogen-bond donors (Lipinski definition) is 0. The third-order valence-electron chi connectivity index (χ3n) is 3.23. The Balaban J connectivity index is 1.83. The van der Waals surface area contributed by atoms with Crippen molar-refractivity contribution in [3.05, 3.63) is 59.7 Å². The van der Waals surface area contributed by atoms with Crippen molar-refractivity contribution in [2.75, 3.05) is 11.5 Å². The number of benzene rings is 2. The van der Waals surface area contributed by atoms with E-state index in [0.717, 1.165) is 20.9 Å². The van der Waals surface area contributed by atoms with Crippen LogP contribution in [0.25, 0.3) is 0 Å². The van der Waals surface area contributed by atoms with Crippen LogP contribution in [0, 0.1) is 13.8 Å². The van der Waals surface area contributed by atoms with Gasteiger partial charge in [-0.2, -0.15) is 0 Å². The minimum absolute atomic E-state index is 0.556. The minimum atomic E-state index is -1.00. The molecular weight excluding hydrogens is 300 g/mol. The van der Waals surface area contributed by atoms with E-state index >= 15 is 0 Å². The van der Waals surface area contributed by atoms with Gasteiger partial charge in [0.15, 0.2) is 0 Å². The molecule has 0 saturated heterocycles. The van der Waals surface area contributed by atoms with Crippen LogP contribution in [-0.4, -0.2) is 19.9 Å². The van der Waals surface area contributed by atoms with E-state index in [4.69, 9.17) is 0 Å². The number of rotatable bonds is 6. The van der Waals surface area contributed by atoms with Crippen LogP contribution in [0.4, 0.5) is 0 Å². The molecule has 0 aliphatic heterocycles. The summed E-state index contributed by atoms with van der Waals surface area (Å²) in [6.45, 7) is 4.02. The van der Waals surface area contributed by atoms with Gasteiger partial charge in [0.05, 0.1) is 21.6 Å². The van der Waals surface area contributed by atoms with Crippen molar-refractivity contribution in [3.63, 3.8) is 0 Å². The molecule has 0 aromatic heterocycles. The van der Waals surface area contributed by atoms with Crippen molar-refractivity contribution in [2.24, 2.45) is 0 Å². The standard InChI is InChI=1S/C17H20O2S2/c1-14-4-8-16(9-5-14)20(18)12-3-13-21(19)17-10-6-15(2)7-11-17/h4-11H,3,12-13H2,1-2H3/t20-,21+. The molecule has 2 aromatic rings. The quantitative estimate of drug-likeness (QED) is 0.815. The molecule has 0 radical (unpaired) electrons. The highest BCUT2D eigenvalue weighted by atomic mass is 32.2. The average Bonchev–Trinajstić information content (AvgIpc) is 2.48. The van der Waals surface area contributed by atoms with Gasteiger partial charge in [-0.3, -0.25) is 8.42 Å². The van der Waals surface area contributed by atoms with Gasteiger partial charge in [0.2, 0.25) is 0 Å². The molecule has 4 heteroatoms. The van der Waals surface area contributed by atoms with Crippen molar-refractivity contribution in [1.82, 2.24) is 0 Å². The smallest absolute Gasteiger partial charge is 0.0529 e. The Morgan fingerprint density at radius 1 is 0.667 bits per heavy atom. The van der Waals surface area contributed by atoms with Crippen molar-refractivity contribution in [2.45, 2.75) is 30.1 Å². The van der Waals surface area contributed by atoms with Gasteiger partial charge >= 0.3 is 0 Å². The van der Waals surface area contributed by atoms with E-state index < -0.39 is 21.6 Å². The number of aryl methyl sites for hydroxylation is 2. The monoisotopic (exact) mass is 320 g/mol. The van der Waals surface area contributed by atoms with Gasteiger partial charge in [-0.05, 0) is 44.5 Å². The molecule has 0 spiro atoms. The molecule has 2 rings (SSSR count). The molecule has 0 N–H and O–H groups in total. The summed E-state index contributed by atoms with van der Waals surface area (Å²) in [4.78, 5) is 1.70. The molecule has 112 valence electrons. The van der Waals surface area contributed by atoms with Gasteiger partial charge in [0.25, 0.3) is 0 Å². The Hall–Kier alpha value is -1.26. The lowest BCUT2D eigenvalue weighted by Gasteiger charge is -2.04. The first-order valence-electron chi connectivity index (χ1n) is 6.96. The van der Waals surface area contributed by atoms with Crippen LogP contribution in [0.1, 0.15) is 17.5 Å².